The minimum absolute atomic E-state index is 0.0102. The molecule has 0 saturated carbocycles. The zero-order valence-corrected chi connectivity index (χ0v) is 15.3. The Morgan fingerprint density at radius 3 is 2.72 bits per heavy atom. The standard InChI is InChI=1S/C20H17F3N4O2/c21-20(22,23)15-6-1-4-13(10-15)18(28)14-5-2-8-26(12-14)19(29)16-11-17-24-7-3-9-27(17)25-16/h1,3-4,6-7,9-11,14H,2,5,8,12H2/t14-/m1/s1. The molecule has 0 bridgehead atoms. The topological polar surface area (TPSA) is 67.6 Å². The van der Waals surface area contributed by atoms with Gasteiger partial charge in [0, 0.05) is 43.0 Å². The lowest BCUT2D eigenvalue weighted by atomic mass is 9.89. The molecule has 6 nitrogen and oxygen atoms in total. The van der Waals surface area contributed by atoms with Gasteiger partial charge >= 0.3 is 6.18 Å². The molecule has 150 valence electrons. The fourth-order valence-corrected chi connectivity index (χ4v) is 3.56. The van der Waals surface area contributed by atoms with E-state index >= 15 is 0 Å². The van der Waals surface area contributed by atoms with Crippen LogP contribution in [0.3, 0.4) is 0 Å². The summed E-state index contributed by atoms with van der Waals surface area (Å²) in [5, 5.41) is 4.21. The van der Waals surface area contributed by atoms with Crippen molar-refractivity contribution in [1.82, 2.24) is 19.5 Å². The molecular weight excluding hydrogens is 385 g/mol. The summed E-state index contributed by atoms with van der Waals surface area (Å²) >= 11 is 0. The maximum atomic E-state index is 12.9. The maximum Gasteiger partial charge on any atom is 0.416 e. The number of benzene rings is 1. The molecule has 0 N–H and O–H groups in total. The first-order chi connectivity index (χ1) is 13.8. The van der Waals surface area contributed by atoms with Crippen LogP contribution in [-0.4, -0.2) is 44.3 Å². The van der Waals surface area contributed by atoms with Gasteiger partial charge in [0.15, 0.2) is 17.1 Å². The molecule has 0 unspecified atom stereocenters. The maximum absolute atomic E-state index is 12.9. The number of piperidine rings is 1. The Balaban J connectivity index is 1.52. The lowest BCUT2D eigenvalue weighted by Gasteiger charge is -2.31. The predicted molar refractivity (Wildman–Crippen MR) is 97.4 cm³/mol. The highest BCUT2D eigenvalue weighted by Gasteiger charge is 2.33. The summed E-state index contributed by atoms with van der Waals surface area (Å²) in [4.78, 5) is 31.3. The second-order valence-corrected chi connectivity index (χ2v) is 6.99. The van der Waals surface area contributed by atoms with Crippen molar-refractivity contribution in [2.75, 3.05) is 13.1 Å². The highest BCUT2D eigenvalue weighted by atomic mass is 19.4. The molecule has 3 aromatic rings. The molecule has 1 fully saturated rings. The number of amides is 1. The molecule has 2 aromatic heterocycles. The van der Waals surface area contributed by atoms with Crippen molar-refractivity contribution < 1.29 is 22.8 Å². The van der Waals surface area contributed by atoms with Crippen molar-refractivity contribution in [3.63, 3.8) is 0 Å². The molecule has 0 radical (unpaired) electrons. The summed E-state index contributed by atoms with van der Waals surface area (Å²) in [7, 11) is 0. The van der Waals surface area contributed by atoms with Crippen LogP contribution >= 0.6 is 0 Å². The Bertz CT molecular complexity index is 1040. The third-order valence-electron chi connectivity index (χ3n) is 5.01. The van der Waals surface area contributed by atoms with Gasteiger partial charge in [-0.3, -0.25) is 9.59 Å². The Kier molecular flexibility index (Phi) is 4.81. The Labute approximate surface area is 164 Å². The van der Waals surface area contributed by atoms with Gasteiger partial charge in [-0.15, -0.1) is 0 Å². The summed E-state index contributed by atoms with van der Waals surface area (Å²) in [6, 6.07) is 7.68. The Morgan fingerprint density at radius 2 is 1.97 bits per heavy atom. The first-order valence-electron chi connectivity index (χ1n) is 9.14. The lowest BCUT2D eigenvalue weighted by molar-refractivity contribution is -0.137. The van der Waals surface area contributed by atoms with E-state index in [2.05, 4.69) is 10.1 Å². The van der Waals surface area contributed by atoms with Crippen molar-refractivity contribution in [2.24, 2.45) is 5.92 Å². The van der Waals surface area contributed by atoms with Crippen LogP contribution in [0, 0.1) is 5.92 Å². The number of fused-ring (bicyclic) bond motifs is 1. The number of aromatic nitrogens is 3. The highest BCUT2D eigenvalue weighted by molar-refractivity contribution is 5.99. The van der Waals surface area contributed by atoms with E-state index in [9.17, 15) is 22.8 Å². The minimum Gasteiger partial charge on any atom is -0.337 e. The van der Waals surface area contributed by atoms with E-state index in [-0.39, 0.29) is 29.5 Å². The fourth-order valence-electron chi connectivity index (χ4n) is 3.56. The van der Waals surface area contributed by atoms with Gasteiger partial charge in [0.1, 0.15) is 0 Å². The normalized spacial score (nSPS) is 17.5. The number of hydrogen-bond acceptors (Lipinski definition) is 4. The molecule has 1 aliphatic heterocycles. The zero-order chi connectivity index (χ0) is 20.6. The summed E-state index contributed by atoms with van der Waals surface area (Å²) in [6.07, 6.45) is -0.133. The van der Waals surface area contributed by atoms with Crippen LogP contribution in [0.2, 0.25) is 0 Å². The van der Waals surface area contributed by atoms with Crippen LogP contribution in [0.15, 0.2) is 48.8 Å². The van der Waals surface area contributed by atoms with Gasteiger partial charge in [0.25, 0.3) is 5.91 Å². The van der Waals surface area contributed by atoms with Gasteiger partial charge in [-0.2, -0.15) is 18.3 Å². The van der Waals surface area contributed by atoms with Crippen LogP contribution in [0.25, 0.3) is 5.65 Å². The molecule has 1 aromatic carbocycles. The molecule has 29 heavy (non-hydrogen) atoms. The Morgan fingerprint density at radius 1 is 1.14 bits per heavy atom. The van der Waals surface area contributed by atoms with Gasteiger partial charge in [-0.1, -0.05) is 12.1 Å². The van der Waals surface area contributed by atoms with Crippen LogP contribution in [0.4, 0.5) is 13.2 Å². The Hall–Kier alpha value is -3.23. The second kappa shape index (κ2) is 7.31. The summed E-state index contributed by atoms with van der Waals surface area (Å²) in [5.41, 5.74) is -0.0966. The van der Waals surface area contributed by atoms with Crippen molar-refractivity contribution in [1.29, 1.82) is 0 Å². The number of rotatable bonds is 3. The molecule has 4 rings (SSSR count). The van der Waals surface area contributed by atoms with Crippen molar-refractivity contribution >= 4 is 17.3 Å². The van der Waals surface area contributed by atoms with Crippen LogP contribution < -0.4 is 0 Å². The zero-order valence-electron chi connectivity index (χ0n) is 15.3. The number of carbonyl (C=O) groups is 2. The summed E-state index contributed by atoms with van der Waals surface area (Å²) in [6.45, 7) is 0.613. The quantitative estimate of drug-likeness (QED) is 0.629. The molecule has 1 saturated heterocycles. The van der Waals surface area contributed by atoms with E-state index in [4.69, 9.17) is 0 Å². The first kappa shape index (κ1) is 19.1. The van der Waals surface area contributed by atoms with Gasteiger partial charge in [-0.05, 0) is 31.0 Å². The molecule has 9 heteroatoms. The predicted octanol–water partition coefficient (Wildman–Crippen LogP) is 3.48. The van der Waals surface area contributed by atoms with Gasteiger partial charge in [0.05, 0.1) is 5.56 Å². The number of halogens is 3. The second-order valence-electron chi connectivity index (χ2n) is 6.99. The lowest BCUT2D eigenvalue weighted by Crippen LogP contribution is -2.42. The average Bonchev–Trinajstić information content (AvgIpc) is 3.16. The summed E-state index contributed by atoms with van der Waals surface area (Å²) < 4.78 is 40.3. The van der Waals surface area contributed by atoms with E-state index in [1.807, 2.05) is 0 Å². The van der Waals surface area contributed by atoms with Gasteiger partial charge < -0.3 is 4.90 Å². The van der Waals surface area contributed by atoms with Crippen LogP contribution in [-0.2, 0) is 6.18 Å². The highest BCUT2D eigenvalue weighted by Crippen LogP contribution is 2.31. The number of Topliss-reactive ketones (excluding diaryl/α,β-unsaturated/α-hetero) is 1. The molecule has 1 aliphatic rings. The smallest absolute Gasteiger partial charge is 0.337 e. The average molecular weight is 402 g/mol. The number of ketones is 1. The molecule has 1 atom stereocenters. The van der Waals surface area contributed by atoms with E-state index in [0.29, 0.717) is 25.0 Å². The van der Waals surface area contributed by atoms with Gasteiger partial charge in [0.2, 0.25) is 0 Å². The van der Waals surface area contributed by atoms with Crippen molar-refractivity contribution in [3.05, 3.63) is 65.6 Å². The first-order valence-corrected chi connectivity index (χ1v) is 9.14. The number of likely N-dealkylation sites (tertiary alicyclic amines) is 1. The molecule has 1 amide bonds. The molecule has 0 aliphatic carbocycles. The van der Waals surface area contributed by atoms with E-state index in [1.165, 1.54) is 21.5 Å². The number of nitrogens with zero attached hydrogens (tertiary/aromatic N) is 4. The third-order valence-corrected chi connectivity index (χ3v) is 5.01. The summed E-state index contributed by atoms with van der Waals surface area (Å²) in [5.74, 6) is -1.26. The number of carbonyl (C=O) groups excluding carboxylic acids is 2. The molecule has 3 heterocycles. The third kappa shape index (κ3) is 3.85. The van der Waals surface area contributed by atoms with Crippen LogP contribution in [0.1, 0.15) is 39.3 Å². The monoisotopic (exact) mass is 402 g/mol. The minimum atomic E-state index is -4.51. The molecular formula is C20H17F3N4O2. The number of alkyl halides is 3. The van der Waals surface area contributed by atoms with E-state index in [0.717, 1.165) is 12.1 Å². The SMILES string of the molecule is O=C(c1cccc(C(F)(F)F)c1)[C@@H]1CCCN(C(=O)c2cc3ncccn3n2)C1. The largest absolute Gasteiger partial charge is 0.416 e. The number of hydrogen-bond donors (Lipinski definition) is 0. The van der Waals surface area contributed by atoms with Crippen molar-refractivity contribution in [3.8, 4) is 0 Å². The molecule has 0 spiro atoms. The van der Waals surface area contributed by atoms with E-state index in [1.54, 1.807) is 24.5 Å². The van der Waals surface area contributed by atoms with Crippen LogP contribution in [0.5, 0.6) is 0 Å². The van der Waals surface area contributed by atoms with E-state index < -0.39 is 17.7 Å². The van der Waals surface area contributed by atoms with Gasteiger partial charge in [-0.25, -0.2) is 9.50 Å². The van der Waals surface area contributed by atoms with Crippen molar-refractivity contribution in [2.45, 2.75) is 19.0 Å². The fraction of sp³-hybridized carbons (Fsp3) is 0.300.